The SMILES string of the molecule is Cc1cc(C(=O)CSc2n[nH]c(=O)n2CC2CCCO2)c(C)[nH]1. The van der Waals surface area contributed by atoms with E-state index < -0.39 is 0 Å². The van der Waals surface area contributed by atoms with Gasteiger partial charge in [-0.05, 0) is 32.8 Å². The van der Waals surface area contributed by atoms with Crippen LogP contribution in [0.2, 0.25) is 0 Å². The molecule has 3 rings (SSSR count). The van der Waals surface area contributed by atoms with Gasteiger partial charge in [0.25, 0.3) is 0 Å². The van der Waals surface area contributed by atoms with Crippen molar-refractivity contribution in [1.29, 1.82) is 0 Å². The topological polar surface area (TPSA) is 92.8 Å². The van der Waals surface area contributed by atoms with Crippen LogP contribution in [0.25, 0.3) is 0 Å². The molecule has 1 atom stereocenters. The molecule has 0 aromatic carbocycles. The number of nitrogens with zero attached hydrogens (tertiary/aromatic N) is 2. The molecule has 0 aliphatic carbocycles. The van der Waals surface area contributed by atoms with E-state index in [9.17, 15) is 9.59 Å². The zero-order chi connectivity index (χ0) is 16.4. The van der Waals surface area contributed by atoms with Gasteiger partial charge in [-0.2, -0.15) is 0 Å². The summed E-state index contributed by atoms with van der Waals surface area (Å²) in [5.74, 6) is 0.268. The average Bonchev–Trinajstić information content (AvgIpc) is 3.21. The molecular formula is C15H20N4O3S. The molecule has 1 aliphatic heterocycles. The fraction of sp³-hybridized carbons (Fsp3) is 0.533. The molecule has 0 spiro atoms. The lowest BCUT2D eigenvalue weighted by Gasteiger charge is -2.10. The zero-order valence-corrected chi connectivity index (χ0v) is 14.0. The second kappa shape index (κ2) is 6.76. The van der Waals surface area contributed by atoms with Gasteiger partial charge in [-0.3, -0.25) is 9.36 Å². The third-order valence-corrected chi connectivity index (χ3v) is 4.89. The first-order valence-corrected chi connectivity index (χ1v) is 8.62. The van der Waals surface area contributed by atoms with Gasteiger partial charge in [-0.25, -0.2) is 9.89 Å². The molecule has 0 amide bonds. The number of aromatic nitrogens is 4. The monoisotopic (exact) mass is 336 g/mol. The first kappa shape index (κ1) is 16.1. The maximum atomic E-state index is 12.3. The van der Waals surface area contributed by atoms with E-state index in [2.05, 4.69) is 15.2 Å². The van der Waals surface area contributed by atoms with E-state index in [1.165, 1.54) is 11.8 Å². The van der Waals surface area contributed by atoms with Crippen molar-refractivity contribution in [2.24, 2.45) is 0 Å². The van der Waals surface area contributed by atoms with Crippen LogP contribution in [-0.2, 0) is 11.3 Å². The summed E-state index contributed by atoms with van der Waals surface area (Å²) < 4.78 is 7.13. The molecule has 2 N–H and O–H groups in total. The Morgan fingerprint density at radius 3 is 3.00 bits per heavy atom. The average molecular weight is 336 g/mol. The highest BCUT2D eigenvalue weighted by molar-refractivity contribution is 7.99. The summed E-state index contributed by atoms with van der Waals surface area (Å²) in [6.07, 6.45) is 2.02. The van der Waals surface area contributed by atoms with Crippen LogP contribution >= 0.6 is 11.8 Å². The minimum absolute atomic E-state index is 0.0240. The van der Waals surface area contributed by atoms with Crippen LogP contribution in [0, 0.1) is 13.8 Å². The summed E-state index contributed by atoms with van der Waals surface area (Å²) in [6, 6.07) is 1.85. The third kappa shape index (κ3) is 3.59. The second-order valence-electron chi connectivity index (χ2n) is 5.76. The third-order valence-electron chi connectivity index (χ3n) is 3.92. The number of aromatic amines is 2. The number of hydrogen-bond acceptors (Lipinski definition) is 5. The number of H-pyrrole nitrogens is 2. The number of carbonyl (C=O) groups is 1. The first-order valence-electron chi connectivity index (χ1n) is 7.63. The van der Waals surface area contributed by atoms with Crippen molar-refractivity contribution in [2.45, 2.75) is 44.5 Å². The standard InChI is InChI=1S/C15H20N4O3S/c1-9-6-12(10(2)16-9)13(20)8-23-15-18-17-14(21)19(15)7-11-4-3-5-22-11/h6,11,16H,3-5,7-8H2,1-2H3,(H,17,21). The molecule has 1 fully saturated rings. The number of Topliss-reactive ketones (excluding diaryl/α,β-unsaturated/α-hetero) is 1. The summed E-state index contributed by atoms with van der Waals surface area (Å²) in [5, 5.41) is 7.01. The summed E-state index contributed by atoms with van der Waals surface area (Å²) in [5.41, 5.74) is 2.26. The predicted molar refractivity (Wildman–Crippen MR) is 87.1 cm³/mol. The summed E-state index contributed by atoms with van der Waals surface area (Å²) in [7, 11) is 0. The van der Waals surface area contributed by atoms with Crippen molar-refractivity contribution in [3.8, 4) is 0 Å². The van der Waals surface area contributed by atoms with Crippen molar-refractivity contribution >= 4 is 17.5 Å². The molecule has 0 saturated carbocycles. The van der Waals surface area contributed by atoms with Crippen LogP contribution in [0.4, 0.5) is 0 Å². The Balaban J connectivity index is 1.67. The molecular weight excluding hydrogens is 316 g/mol. The van der Waals surface area contributed by atoms with E-state index >= 15 is 0 Å². The quantitative estimate of drug-likeness (QED) is 0.618. The Morgan fingerprint density at radius 1 is 1.52 bits per heavy atom. The van der Waals surface area contributed by atoms with Gasteiger partial charge in [0, 0.05) is 23.6 Å². The van der Waals surface area contributed by atoms with Crippen molar-refractivity contribution < 1.29 is 9.53 Å². The van der Waals surface area contributed by atoms with Crippen molar-refractivity contribution in [3.63, 3.8) is 0 Å². The Labute approximate surface area is 137 Å². The molecule has 1 aliphatic rings. The van der Waals surface area contributed by atoms with Crippen LogP contribution in [0.15, 0.2) is 16.0 Å². The Bertz CT molecular complexity index is 755. The number of hydrogen-bond donors (Lipinski definition) is 2. The lowest BCUT2D eigenvalue weighted by molar-refractivity contribution is 0.0941. The number of ketones is 1. The molecule has 23 heavy (non-hydrogen) atoms. The summed E-state index contributed by atoms with van der Waals surface area (Å²) in [6.45, 7) is 5.02. The predicted octanol–water partition coefficient (Wildman–Crippen LogP) is 1.67. The van der Waals surface area contributed by atoms with Crippen molar-refractivity contribution in [1.82, 2.24) is 19.7 Å². The van der Waals surface area contributed by atoms with Gasteiger partial charge in [0.1, 0.15) is 0 Å². The van der Waals surface area contributed by atoms with E-state index in [1.54, 1.807) is 4.57 Å². The van der Waals surface area contributed by atoms with Crippen LogP contribution in [0.3, 0.4) is 0 Å². The number of nitrogens with one attached hydrogen (secondary N) is 2. The second-order valence-corrected chi connectivity index (χ2v) is 6.70. The molecule has 7 nitrogen and oxygen atoms in total. The van der Waals surface area contributed by atoms with E-state index in [1.807, 2.05) is 19.9 Å². The molecule has 2 aromatic heterocycles. The molecule has 8 heteroatoms. The van der Waals surface area contributed by atoms with E-state index in [-0.39, 0.29) is 23.3 Å². The van der Waals surface area contributed by atoms with E-state index in [0.717, 1.165) is 30.8 Å². The minimum atomic E-state index is -0.260. The van der Waals surface area contributed by atoms with Gasteiger partial charge in [0.15, 0.2) is 10.9 Å². The molecule has 124 valence electrons. The lowest BCUT2D eigenvalue weighted by Crippen LogP contribution is -2.25. The molecule has 3 heterocycles. The fourth-order valence-electron chi connectivity index (χ4n) is 2.79. The zero-order valence-electron chi connectivity index (χ0n) is 13.2. The first-order chi connectivity index (χ1) is 11.0. The fourth-order valence-corrected chi connectivity index (χ4v) is 3.63. The largest absolute Gasteiger partial charge is 0.376 e. The van der Waals surface area contributed by atoms with Crippen molar-refractivity contribution in [2.75, 3.05) is 12.4 Å². The molecule has 1 saturated heterocycles. The van der Waals surface area contributed by atoms with Crippen LogP contribution < -0.4 is 5.69 Å². The lowest BCUT2D eigenvalue weighted by atomic mass is 10.2. The van der Waals surface area contributed by atoms with Gasteiger partial charge >= 0.3 is 5.69 Å². The molecule has 0 bridgehead atoms. The number of carbonyl (C=O) groups excluding carboxylic acids is 1. The normalized spacial score (nSPS) is 17.7. The van der Waals surface area contributed by atoms with Crippen LogP contribution in [-0.4, -0.2) is 44.0 Å². The van der Waals surface area contributed by atoms with Crippen LogP contribution in [0.5, 0.6) is 0 Å². The summed E-state index contributed by atoms with van der Waals surface area (Å²) in [4.78, 5) is 27.3. The van der Waals surface area contributed by atoms with Crippen LogP contribution in [0.1, 0.15) is 34.6 Å². The minimum Gasteiger partial charge on any atom is -0.376 e. The molecule has 0 radical (unpaired) electrons. The van der Waals surface area contributed by atoms with E-state index in [4.69, 9.17) is 4.74 Å². The highest BCUT2D eigenvalue weighted by Crippen LogP contribution is 2.20. The maximum absolute atomic E-state index is 12.3. The van der Waals surface area contributed by atoms with E-state index in [0.29, 0.717) is 17.3 Å². The number of thioether (sulfide) groups is 1. The summed E-state index contributed by atoms with van der Waals surface area (Å²) >= 11 is 1.27. The highest BCUT2D eigenvalue weighted by atomic mass is 32.2. The number of rotatable bonds is 6. The van der Waals surface area contributed by atoms with Gasteiger partial charge in [0.05, 0.1) is 18.4 Å². The molecule has 1 unspecified atom stereocenters. The Morgan fingerprint density at radius 2 is 2.35 bits per heavy atom. The smallest absolute Gasteiger partial charge is 0.344 e. The van der Waals surface area contributed by atoms with Gasteiger partial charge < -0.3 is 9.72 Å². The number of aryl methyl sites for hydroxylation is 2. The van der Waals surface area contributed by atoms with Gasteiger partial charge in [-0.15, -0.1) is 5.10 Å². The Kier molecular flexibility index (Phi) is 4.72. The van der Waals surface area contributed by atoms with Gasteiger partial charge in [-0.1, -0.05) is 11.8 Å². The number of ether oxygens (including phenoxy) is 1. The Hall–Kier alpha value is -1.80. The maximum Gasteiger partial charge on any atom is 0.344 e. The van der Waals surface area contributed by atoms with Gasteiger partial charge in [0.2, 0.25) is 0 Å². The molecule has 2 aromatic rings. The highest BCUT2D eigenvalue weighted by Gasteiger charge is 2.20. The van der Waals surface area contributed by atoms with Crippen molar-refractivity contribution in [3.05, 3.63) is 33.5 Å².